The predicted octanol–water partition coefficient (Wildman–Crippen LogP) is 2.46. The van der Waals surface area contributed by atoms with Crippen molar-refractivity contribution in [1.82, 2.24) is 0 Å². The van der Waals surface area contributed by atoms with E-state index in [1.165, 1.54) is 0 Å². The lowest BCUT2D eigenvalue weighted by Crippen LogP contribution is -2.23. The second-order valence-corrected chi connectivity index (χ2v) is 5.13. The van der Waals surface area contributed by atoms with Crippen LogP contribution in [0.5, 0.6) is 5.75 Å². The van der Waals surface area contributed by atoms with Gasteiger partial charge < -0.3 is 15.2 Å². The molecule has 0 spiro atoms. The Morgan fingerprint density at radius 1 is 1.29 bits per heavy atom. The fourth-order valence-electron chi connectivity index (χ4n) is 1.68. The van der Waals surface area contributed by atoms with Crippen molar-refractivity contribution < 1.29 is 9.47 Å². The van der Waals surface area contributed by atoms with Gasteiger partial charge in [-0.1, -0.05) is 18.2 Å². The third-order valence-electron chi connectivity index (χ3n) is 2.51. The SMILES string of the molecule is COCCSC(c1ccccc1OC)C(C)N. The average Bonchev–Trinajstić information content (AvgIpc) is 2.34. The summed E-state index contributed by atoms with van der Waals surface area (Å²) in [5, 5.41) is 0.237. The van der Waals surface area contributed by atoms with Gasteiger partial charge in [0.1, 0.15) is 5.75 Å². The molecule has 0 heterocycles. The van der Waals surface area contributed by atoms with Crippen LogP contribution in [0.1, 0.15) is 17.7 Å². The predicted molar refractivity (Wildman–Crippen MR) is 73.7 cm³/mol. The molecule has 1 rings (SSSR count). The zero-order chi connectivity index (χ0) is 12.7. The fourth-order valence-corrected chi connectivity index (χ4v) is 2.88. The first-order chi connectivity index (χ1) is 8.20. The lowest BCUT2D eigenvalue weighted by molar-refractivity contribution is 0.218. The zero-order valence-corrected chi connectivity index (χ0v) is 11.5. The van der Waals surface area contributed by atoms with Gasteiger partial charge in [-0.2, -0.15) is 0 Å². The lowest BCUT2D eigenvalue weighted by atomic mass is 10.1. The number of benzene rings is 1. The molecule has 0 amide bonds. The fraction of sp³-hybridized carbons (Fsp3) is 0.538. The molecule has 3 nitrogen and oxygen atoms in total. The highest BCUT2D eigenvalue weighted by atomic mass is 32.2. The van der Waals surface area contributed by atoms with Gasteiger partial charge >= 0.3 is 0 Å². The number of rotatable bonds is 7. The third kappa shape index (κ3) is 4.22. The van der Waals surface area contributed by atoms with Crippen molar-refractivity contribution in [2.45, 2.75) is 18.2 Å². The van der Waals surface area contributed by atoms with Crippen LogP contribution in [-0.2, 0) is 4.74 Å². The number of ether oxygens (including phenoxy) is 2. The van der Waals surface area contributed by atoms with Crippen LogP contribution < -0.4 is 10.5 Å². The largest absolute Gasteiger partial charge is 0.496 e. The van der Waals surface area contributed by atoms with Gasteiger partial charge in [-0.3, -0.25) is 0 Å². The Balaban J connectivity index is 2.81. The van der Waals surface area contributed by atoms with E-state index in [0.29, 0.717) is 0 Å². The minimum atomic E-state index is 0.0770. The molecule has 2 unspecified atom stereocenters. The van der Waals surface area contributed by atoms with Crippen molar-refractivity contribution in [3.05, 3.63) is 29.8 Å². The van der Waals surface area contributed by atoms with Gasteiger partial charge in [0, 0.05) is 29.7 Å². The maximum Gasteiger partial charge on any atom is 0.123 e. The van der Waals surface area contributed by atoms with E-state index in [1.807, 2.05) is 25.1 Å². The Kier molecular flexibility index (Phi) is 6.40. The molecule has 0 bridgehead atoms. The van der Waals surface area contributed by atoms with Crippen molar-refractivity contribution in [3.8, 4) is 5.75 Å². The van der Waals surface area contributed by atoms with Crippen molar-refractivity contribution in [2.24, 2.45) is 5.73 Å². The molecule has 2 N–H and O–H groups in total. The van der Waals surface area contributed by atoms with Crippen LogP contribution in [0.3, 0.4) is 0 Å². The van der Waals surface area contributed by atoms with E-state index in [-0.39, 0.29) is 11.3 Å². The summed E-state index contributed by atoms with van der Waals surface area (Å²) in [5.74, 6) is 1.83. The summed E-state index contributed by atoms with van der Waals surface area (Å²) in [7, 11) is 3.40. The molecule has 0 aliphatic rings. The number of hydrogen-bond donors (Lipinski definition) is 1. The minimum Gasteiger partial charge on any atom is -0.496 e. The van der Waals surface area contributed by atoms with Crippen LogP contribution in [-0.4, -0.2) is 32.6 Å². The van der Waals surface area contributed by atoms with E-state index in [2.05, 4.69) is 6.07 Å². The molecule has 0 saturated carbocycles. The Morgan fingerprint density at radius 2 is 2.00 bits per heavy atom. The van der Waals surface area contributed by atoms with E-state index in [0.717, 1.165) is 23.7 Å². The molecule has 1 aromatic carbocycles. The molecule has 0 aromatic heterocycles. The van der Waals surface area contributed by atoms with Gasteiger partial charge in [-0.15, -0.1) is 11.8 Å². The van der Waals surface area contributed by atoms with Gasteiger partial charge in [0.05, 0.1) is 13.7 Å². The van der Waals surface area contributed by atoms with Crippen molar-refractivity contribution >= 4 is 11.8 Å². The molecular weight excluding hydrogens is 234 g/mol. The number of hydrogen-bond acceptors (Lipinski definition) is 4. The number of para-hydroxylation sites is 1. The second-order valence-electron chi connectivity index (χ2n) is 3.89. The Labute approximate surface area is 108 Å². The highest BCUT2D eigenvalue weighted by Gasteiger charge is 2.19. The van der Waals surface area contributed by atoms with Gasteiger partial charge in [0.2, 0.25) is 0 Å². The molecule has 0 fully saturated rings. The lowest BCUT2D eigenvalue weighted by Gasteiger charge is -2.22. The van der Waals surface area contributed by atoms with E-state index in [1.54, 1.807) is 26.0 Å². The Hall–Kier alpha value is -0.710. The van der Waals surface area contributed by atoms with E-state index < -0.39 is 0 Å². The standard InChI is InChI=1S/C13H21NO2S/c1-10(14)13(17-9-8-15-2)11-6-4-5-7-12(11)16-3/h4-7,10,13H,8-9,14H2,1-3H3. The average molecular weight is 255 g/mol. The van der Waals surface area contributed by atoms with Crippen LogP contribution in [0.15, 0.2) is 24.3 Å². The summed E-state index contributed by atoms with van der Waals surface area (Å²) < 4.78 is 10.5. The highest BCUT2D eigenvalue weighted by Crippen LogP contribution is 2.36. The monoisotopic (exact) mass is 255 g/mol. The highest BCUT2D eigenvalue weighted by molar-refractivity contribution is 7.99. The molecule has 1 aromatic rings. The summed E-state index contributed by atoms with van der Waals surface area (Å²) in [6, 6.07) is 8.12. The van der Waals surface area contributed by atoms with Gasteiger partial charge in [0.25, 0.3) is 0 Å². The first-order valence-electron chi connectivity index (χ1n) is 5.69. The molecule has 96 valence electrons. The maximum absolute atomic E-state index is 6.06. The molecule has 2 atom stereocenters. The molecular formula is C13H21NO2S. The normalized spacial score (nSPS) is 14.4. The Morgan fingerprint density at radius 3 is 2.59 bits per heavy atom. The summed E-state index contributed by atoms with van der Waals surface area (Å²) in [4.78, 5) is 0. The first kappa shape index (κ1) is 14.4. The molecule has 17 heavy (non-hydrogen) atoms. The van der Waals surface area contributed by atoms with E-state index in [4.69, 9.17) is 15.2 Å². The van der Waals surface area contributed by atoms with Gasteiger partial charge in [-0.25, -0.2) is 0 Å². The smallest absolute Gasteiger partial charge is 0.123 e. The van der Waals surface area contributed by atoms with Gasteiger partial charge in [-0.05, 0) is 13.0 Å². The molecule has 0 saturated heterocycles. The molecule has 0 radical (unpaired) electrons. The Bertz CT molecular complexity index is 331. The third-order valence-corrected chi connectivity index (χ3v) is 3.95. The van der Waals surface area contributed by atoms with Gasteiger partial charge in [0.15, 0.2) is 0 Å². The van der Waals surface area contributed by atoms with Crippen LogP contribution >= 0.6 is 11.8 Å². The van der Waals surface area contributed by atoms with Crippen LogP contribution in [0.2, 0.25) is 0 Å². The number of nitrogens with two attached hydrogens (primary N) is 1. The topological polar surface area (TPSA) is 44.5 Å². The van der Waals surface area contributed by atoms with E-state index >= 15 is 0 Å². The summed E-state index contributed by atoms with van der Waals surface area (Å²) >= 11 is 1.81. The minimum absolute atomic E-state index is 0.0770. The van der Waals surface area contributed by atoms with E-state index in [9.17, 15) is 0 Å². The zero-order valence-electron chi connectivity index (χ0n) is 10.7. The number of methoxy groups -OCH3 is 2. The van der Waals surface area contributed by atoms with Crippen LogP contribution in [0, 0.1) is 0 Å². The summed E-state index contributed by atoms with van der Waals surface area (Å²) in [6.45, 7) is 2.76. The maximum atomic E-state index is 6.06. The summed E-state index contributed by atoms with van der Waals surface area (Å²) in [6.07, 6.45) is 0. The quantitative estimate of drug-likeness (QED) is 0.760. The van der Waals surface area contributed by atoms with Crippen LogP contribution in [0.25, 0.3) is 0 Å². The van der Waals surface area contributed by atoms with Crippen molar-refractivity contribution in [3.63, 3.8) is 0 Å². The number of thioether (sulfide) groups is 1. The molecule has 0 aliphatic heterocycles. The molecule has 0 aliphatic carbocycles. The molecule has 4 heteroatoms. The first-order valence-corrected chi connectivity index (χ1v) is 6.74. The summed E-state index contributed by atoms with van der Waals surface area (Å²) in [5.41, 5.74) is 7.22. The van der Waals surface area contributed by atoms with Crippen molar-refractivity contribution in [1.29, 1.82) is 0 Å². The van der Waals surface area contributed by atoms with Crippen molar-refractivity contribution in [2.75, 3.05) is 26.6 Å². The second kappa shape index (κ2) is 7.58. The van der Waals surface area contributed by atoms with Crippen LogP contribution in [0.4, 0.5) is 0 Å².